The summed E-state index contributed by atoms with van der Waals surface area (Å²) in [5, 5.41) is 2.09. The number of likely N-dealkylation sites (N-methyl/N-ethyl adjacent to an activating group) is 2. The molecular formula is C15H21N3OS. The summed E-state index contributed by atoms with van der Waals surface area (Å²) in [6.07, 6.45) is 3.54. The zero-order valence-corrected chi connectivity index (χ0v) is 13.3. The van der Waals surface area contributed by atoms with E-state index in [-0.39, 0.29) is 5.91 Å². The molecule has 20 heavy (non-hydrogen) atoms. The topological polar surface area (TPSA) is 28.5 Å². The summed E-state index contributed by atoms with van der Waals surface area (Å²) in [6, 6.07) is 4.27. The zero-order valence-electron chi connectivity index (χ0n) is 12.5. The molecule has 0 atom stereocenters. The van der Waals surface area contributed by atoms with E-state index >= 15 is 0 Å². The Morgan fingerprint density at radius 3 is 2.80 bits per heavy atom. The predicted molar refractivity (Wildman–Crippen MR) is 85.0 cm³/mol. The number of thiophene rings is 1. The first kappa shape index (κ1) is 14.8. The molecule has 5 heteroatoms. The second-order valence-corrected chi connectivity index (χ2v) is 6.17. The van der Waals surface area contributed by atoms with Gasteiger partial charge < -0.3 is 14.4 Å². The molecule has 0 unspecified atom stereocenters. The van der Waals surface area contributed by atoms with Gasteiger partial charge in [-0.05, 0) is 31.6 Å². The van der Waals surface area contributed by atoms with Gasteiger partial charge in [0.25, 0.3) is 0 Å². The van der Waals surface area contributed by atoms with E-state index < -0.39 is 0 Å². The summed E-state index contributed by atoms with van der Waals surface area (Å²) >= 11 is 1.73. The molecule has 0 aliphatic carbocycles. The normalized spacial score (nSPS) is 11.8. The largest absolute Gasteiger partial charge is 0.345 e. The molecule has 4 nitrogen and oxygen atoms in total. The molecule has 0 aliphatic rings. The molecule has 0 fully saturated rings. The Balaban J connectivity index is 2.01. The summed E-state index contributed by atoms with van der Waals surface area (Å²) in [5.74, 6) is 0.0383. The monoisotopic (exact) mass is 291 g/mol. The first-order chi connectivity index (χ1) is 9.49. The van der Waals surface area contributed by atoms with Crippen LogP contribution < -0.4 is 0 Å². The lowest BCUT2D eigenvalue weighted by Crippen LogP contribution is -2.25. The molecule has 0 N–H and O–H groups in total. The van der Waals surface area contributed by atoms with Crippen LogP contribution in [0.1, 0.15) is 5.69 Å². The highest BCUT2D eigenvalue weighted by Gasteiger charge is 2.11. The third-order valence-electron chi connectivity index (χ3n) is 3.27. The van der Waals surface area contributed by atoms with Crippen molar-refractivity contribution in [2.75, 3.05) is 27.7 Å². The minimum Gasteiger partial charge on any atom is -0.345 e. The molecule has 2 heterocycles. The highest BCUT2D eigenvalue weighted by atomic mass is 32.1. The predicted octanol–water partition coefficient (Wildman–Crippen LogP) is 2.32. The molecule has 0 saturated carbocycles. The average molecular weight is 291 g/mol. The van der Waals surface area contributed by atoms with Gasteiger partial charge in [0.05, 0.1) is 16.8 Å². The van der Waals surface area contributed by atoms with Gasteiger partial charge in [0.2, 0.25) is 5.91 Å². The van der Waals surface area contributed by atoms with Crippen molar-refractivity contribution < 1.29 is 4.79 Å². The van der Waals surface area contributed by atoms with Gasteiger partial charge in [-0.2, -0.15) is 0 Å². The maximum Gasteiger partial charge on any atom is 0.246 e. The Morgan fingerprint density at radius 1 is 1.40 bits per heavy atom. The van der Waals surface area contributed by atoms with Crippen LogP contribution in [0.5, 0.6) is 0 Å². The minimum atomic E-state index is 0.0383. The van der Waals surface area contributed by atoms with Crippen molar-refractivity contribution >= 4 is 27.5 Å². The molecule has 0 spiro atoms. The zero-order chi connectivity index (χ0) is 14.7. The number of carbonyl (C=O) groups excluding carboxylic acids is 1. The standard InChI is InChI=1S/C15H21N3OS/c1-16(2)8-5-6-15(19)17(3)11-12-10-14-13(18(12)4)7-9-20-14/h5-7,9-10H,8,11H2,1-4H3/b6-5+. The Hall–Kier alpha value is -1.59. The number of rotatable bonds is 5. The summed E-state index contributed by atoms with van der Waals surface area (Å²) in [6.45, 7) is 1.41. The van der Waals surface area contributed by atoms with Crippen LogP contribution in [0.3, 0.4) is 0 Å². The quantitative estimate of drug-likeness (QED) is 0.791. The Bertz CT molecular complexity index is 624. The van der Waals surface area contributed by atoms with Gasteiger partial charge in [-0.1, -0.05) is 6.08 Å². The van der Waals surface area contributed by atoms with Gasteiger partial charge in [-0.3, -0.25) is 4.79 Å². The number of aryl methyl sites for hydroxylation is 1. The van der Waals surface area contributed by atoms with Crippen LogP contribution in [0.2, 0.25) is 0 Å². The molecule has 108 valence electrons. The van der Waals surface area contributed by atoms with Gasteiger partial charge in [-0.25, -0.2) is 0 Å². The average Bonchev–Trinajstić information content (AvgIpc) is 2.93. The lowest BCUT2D eigenvalue weighted by molar-refractivity contribution is -0.125. The highest BCUT2D eigenvalue weighted by molar-refractivity contribution is 7.17. The highest BCUT2D eigenvalue weighted by Crippen LogP contribution is 2.24. The lowest BCUT2D eigenvalue weighted by atomic mass is 10.3. The molecule has 2 rings (SSSR count). The van der Waals surface area contributed by atoms with E-state index in [4.69, 9.17) is 0 Å². The molecule has 0 saturated heterocycles. The van der Waals surface area contributed by atoms with E-state index in [0.29, 0.717) is 6.54 Å². The Kier molecular flexibility index (Phi) is 4.62. The molecule has 2 aromatic rings. The summed E-state index contributed by atoms with van der Waals surface area (Å²) in [4.78, 5) is 15.8. The smallest absolute Gasteiger partial charge is 0.246 e. The number of fused-ring (bicyclic) bond motifs is 1. The summed E-state index contributed by atoms with van der Waals surface area (Å²) < 4.78 is 3.42. The number of amides is 1. The van der Waals surface area contributed by atoms with Crippen LogP contribution in [0.15, 0.2) is 29.7 Å². The summed E-state index contributed by atoms with van der Waals surface area (Å²) in [5.41, 5.74) is 2.39. The van der Waals surface area contributed by atoms with Crippen molar-refractivity contribution in [3.63, 3.8) is 0 Å². The lowest BCUT2D eigenvalue weighted by Gasteiger charge is -2.16. The molecule has 0 aliphatic heterocycles. The first-order valence-electron chi connectivity index (χ1n) is 6.57. The van der Waals surface area contributed by atoms with E-state index in [0.717, 1.165) is 12.2 Å². The SMILES string of the molecule is CN(C)C/C=C/C(=O)N(C)Cc1cc2sccc2n1C. The number of aromatic nitrogens is 1. The Morgan fingerprint density at radius 2 is 2.15 bits per heavy atom. The van der Waals surface area contributed by atoms with Gasteiger partial charge in [-0.15, -0.1) is 11.3 Å². The van der Waals surface area contributed by atoms with Gasteiger partial charge in [0.1, 0.15) is 0 Å². The molecular weight excluding hydrogens is 270 g/mol. The van der Waals surface area contributed by atoms with Gasteiger partial charge in [0, 0.05) is 32.4 Å². The third-order valence-corrected chi connectivity index (χ3v) is 4.12. The maximum atomic E-state index is 12.0. The minimum absolute atomic E-state index is 0.0383. The van der Waals surface area contributed by atoms with Crippen LogP contribution in [0, 0.1) is 0 Å². The molecule has 0 bridgehead atoms. The number of carbonyl (C=O) groups is 1. The second kappa shape index (κ2) is 6.24. The molecule has 1 amide bonds. The van der Waals surface area contributed by atoms with Crippen molar-refractivity contribution in [2.45, 2.75) is 6.54 Å². The van der Waals surface area contributed by atoms with Crippen LogP contribution in [-0.2, 0) is 18.4 Å². The van der Waals surface area contributed by atoms with E-state index in [1.54, 1.807) is 22.3 Å². The first-order valence-corrected chi connectivity index (χ1v) is 7.45. The van der Waals surface area contributed by atoms with Crippen molar-refractivity contribution in [2.24, 2.45) is 7.05 Å². The number of hydrogen-bond donors (Lipinski definition) is 0. The van der Waals surface area contributed by atoms with E-state index in [1.165, 1.54) is 10.2 Å². The molecule has 2 aromatic heterocycles. The van der Waals surface area contributed by atoms with Crippen molar-refractivity contribution in [3.05, 3.63) is 35.4 Å². The Labute approximate surface area is 123 Å². The van der Waals surface area contributed by atoms with Crippen molar-refractivity contribution in [3.8, 4) is 0 Å². The van der Waals surface area contributed by atoms with Crippen LogP contribution in [-0.4, -0.2) is 48.0 Å². The fourth-order valence-corrected chi connectivity index (χ4v) is 2.94. The molecule has 0 radical (unpaired) electrons. The fourth-order valence-electron chi connectivity index (χ4n) is 2.07. The van der Waals surface area contributed by atoms with E-state index in [2.05, 4.69) is 22.1 Å². The molecule has 0 aromatic carbocycles. The summed E-state index contributed by atoms with van der Waals surface area (Å²) in [7, 11) is 7.85. The van der Waals surface area contributed by atoms with Crippen molar-refractivity contribution in [1.82, 2.24) is 14.4 Å². The van der Waals surface area contributed by atoms with Gasteiger partial charge >= 0.3 is 0 Å². The second-order valence-electron chi connectivity index (χ2n) is 5.22. The van der Waals surface area contributed by atoms with E-state index in [1.807, 2.05) is 39.2 Å². The maximum absolute atomic E-state index is 12.0. The van der Waals surface area contributed by atoms with Crippen LogP contribution in [0.25, 0.3) is 10.2 Å². The van der Waals surface area contributed by atoms with Crippen LogP contribution in [0.4, 0.5) is 0 Å². The number of hydrogen-bond acceptors (Lipinski definition) is 3. The van der Waals surface area contributed by atoms with Gasteiger partial charge in [0.15, 0.2) is 0 Å². The van der Waals surface area contributed by atoms with Crippen molar-refractivity contribution in [1.29, 1.82) is 0 Å². The van der Waals surface area contributed by atoms with Crippen LogP contribution >= 0.6 is 11.3 Å². The third kappa shape index (κ3) is 3.29. The fraction of sp³-hybridized carbons (Fsp3) is 0.400. The number of nitrogens with zero attached hydrogens (tertiary/aromatic N) is 3. The van der Waals surface area contributed by atoms with E-state index in [9.17, 15) is 4.79 Å².